The molecule has 1 aromatic carbocycles. The van der Waals surface area contributed by atoms with Gasteiger partial charge in [0, 0.05) is 30.7 Å². The first-order valence-corrected chi connectivity index (χ1v) is 7.20. The predicted octanol–water partition coefficient (Wildman–Crippen LogP) is 2.45. The summed E-state index contributed by atoms with van der Waals surface area (Å²) in [6.07, 6.45) is 6.67. The van der Waals surface area contributed by atoms with Crippen LogP contribution in [0.15, 0.2) is 36.7 Å². The van der Waals surface area contributed by atoms with Crippen LogP contribution in [-0.4, -0.2) is 22.6 Å². The Hall–Kier alpha value is -1.94. The molecule has 3 rings (SSSR count). The minimum Gasteiger partial charge on any atom is -0.327 e. The molecule has 4 heteroatoms. The van der Waals surface area contributed by atoms with Crippen LogP contribution in [0.4, 0.5) is 11.6 Å². The average molecular weight is 268 g/mol. The van der Waals surface area contributed by atoms with E-state index in [0.29, 0.717) is 0 Å². The van der Waals surface area contributed by atoms with Gasteiger partial charge in [0.15, 0.2) is 0 Å². The molecule has 104 valence electrons. The van der Waals surface area contributed by atoms with Crippen molar-refractivity contribution in [2.45, 2.75) is 32.2 Å². The fourth-order valence-corrected chi connectivity index (χ4v) is 2.59. The van der Waals surface area contributed by atoms with E-state index >= 15 is 0 Å². The van der Waals surface area contributed by atoms with Crippen LogP contribution < -0.4 is 10.6 Å². The Balaban J connectivity index is 1.79. The smallest absolute Gasteiger partial charge is 0.229 e. The van der Waals surface area contributed by atoms with Gasteiger partial charge in [0.25, 0.3) is 0 Å². The summed E-state index contributed by atoms with van der Waals surface area (Å²) >= 11 is 0. The maximum atomic E-state index is 5.96. The Kier molecular flexibility index (Phi) is 3.65. The maximum absolute atomic E-state index is 5.96. The summed E-state index contributed by atoms with van der Waals surface area (Å²) in [5, 5.41) is 0. The van der Waals surface area contributed by atoms with E-state index in [0.717, 1.165) is 37.3 Å². The average Bonchev–Trinajstić information content (AvgIpc) is 2.92. The summed E-state index contributed by atoms with van der Waals surface area (Å²) in [4.78, 5) is 11.2. The Labute approximate surface area is 119 Å². The fraction of sp³-hybridized carbons (Fsp3) is 0.375. The molecule has 20 heavy (non-hydrogen) atoms. The highest BCUT2D eigenvalue weighted by atomic mass is 15.3. The lowest BCUT2D eigenvalue weighted by Crippen LogP contribution is -2.22. The lowest BCUT2D eigenvalue weighted by molar-refractivity contribution is 0.643. The van der Waals surface area contributed by atoms with Gasteiger partial charge < -0.3 is 10.6 Å². The van der Waals surface area contributed by atoms with Gasteiger partial charge in [-0.2, -0.15) is 0 Å². The number of aromatic nitrogens is 2. The maximum Gasteiger partial charge on any atom is 0.229 e. The SMILES string of the molecule is CCC(N)Cc1cnc(N2CCc3ccccc32)nc1. The van der Waals surface area contributed by atoms with Gasteiger partial charge in [-0.15, -0.1) is 0 Å². The molecule has 0 saturated carbocycles. The molecule has 1 aromatic heterocycles. The lowest BCUT2D eigenvalue weighted by atomic mass is 10.1. The topological polar surface area (TPSA) is 55.0 Å². The zero-order valence-electron chi connectivity index (χ0n) is 11.8. The summed E-state index contributed by atoms with van der Waals surface area (Å²) in [5.41, 5.74) is 9.67. The molecule has 4 nitrogen and oxygen atoms in total. The van der Waals surface area contributed by atoms with Crippen LogP contribution in [0.3, 0.4) is 0 Å². The monoisotopic (exact) mass is 268 g/mol. The van der Waals surface area contributed by atoms with Crippen LogP contribution in [-0.2, 0) is 12.8 Å². The van der Waals surface area contributed by atoms with E-state index in [1.165, 1.54) is 11.3 Å². The van der Waals surface area contributed by atoms with Crippen LogP contribution in [0.25, 0.3) is 0 Å². The number of fused-ring (bicyclic) bond motifs is 1. The highest BCUT2D eigenvalue weighted by Gasteiger charge is 2.21. The number of anilines is 2. The fourth-order valence-electron chi connectivity index (χ4n) is 2.59. The number of para-hydroxylation sites is 1. The van der Waals surface area contributed by atoms with Crippen molar-refractivity contribution in [2.24, 2.45) is 5.73 Å². The summed E-state index contributed by atoms with van der Waals surface area (Å²) in [7, 11) is 0. The van der Waals surface area contributed by atoms with Gasteiger partial charge in [-0.3, -0.25) is 0 Å². The Morgan fingerprint density at radius 3 is 2.75 bits per heavy atom. The first-order chi connectivity index (χ1) is 9.78. The molecule has 1 unspecified atom stereocenters. The van der Waals surface area contributed by atoms with Crippen molar-refractivity contribution in [3.05, 3.63) is 47.8 Å². The van der Waals surface area contributed by atoms with Crippen LogP contribution in [0, 0.1) is 0 Å². The van der Waals surface area contributed by atoms with Gasteiger partial charge in [0.2, 0.25) is 5.95 Å². The number of benzene rings is 1. The van der Waals surface area contributed by atoms with E-state index < -0.39 is 0 Å². The molecule has 0 radical (unpaired) electrons. The molecule has 2 heterocycles. The van der Waals surface area contributed by atoms with E-state index in [9.17, 15) is 0 Å². The van der Waals surface area contributed by atoms with Crippen LogP contribution >= 0.6 is 0 Å². The van der Waals surface area contributed by atoms with Crippen molar-refractivity contribution >= 4 is 11.6 Å². The Bertz CT molecular complexity index is 579. The Morgan fingerprint density at radius 2 is 2.00 bits per heavy atom. The third kappa shape index (κ3) is 2.51. The van der Waals surface area contributed by atoms with Crippen molar-refractivity contribution in [3.63, 3.8) is 0 Å². The molecule has 2 N–H and O–H groups in total. The molecular weight excluding hydrogens is 248 g/mol. The molecule has 1 aliphatic heterocycles. The zero-order chi connectivity index (χ0) is 13.9. The second kappa shape index (κ2) is 5.59. The quantitative estimate of drug-likeness (QED) is 0.925. The van der Waals surface area contributed by atoms with E-state index in [4.69, 9.17) is 5.73 Å². The normalized spacial score (nSPS) is 15.2. The van der Waals surface area contributed by atoms with Gasteiger partial charge in [0.1, 0.15) is 0 Å². The van der Waals surface area contributed by atoms with Crippen LogP contribution in [0.1, 0.15) is 24.5 Å². The van der Waals surface area contributed by atoms with Gasteiger partial charge in [-0.25, -0.2) is 9.97 Å². The van der Waals surface area contributed by atoms with Gasteiger partial charge in [0.05, 0.1) is 0 Å². The molecule has 0 aliphatic carbocycles. The summed E-state index contributed by atoms with van der Waals surface area (Å²) in [6, 6.07) is 8.64. The van der Waals surface area contributed by atoms with Gasteiger partial charge in [-0.1, -0.05) is 25.1 Å². The number of hydrogen-bond acceptors (Lipinski definition) is 4. The van der Waals surface area contributed by atoms with Crippen molar-refractivity contribution in [2.75, 3.05) is 11.4 Å². The number of hydrogen-bond donors (Lipinski definition) is 1. The van der Waals surface area contributed by atoms with E-state index in [1.807, 2.05) is 12.4 Å². The highest BCUT2D eigenvalue weighted by molar-refractivity contribution is 5.65. The molecule has 1 aliphatic rings. The van der Waals surface area contributed by atoms with Gasteiger partial charge in [-0.05, 0) is 36.5 Å². The molecule has 0 saturated heterocycles. The molecule has 2 aromatic rings. The van der Waals surface area contributed by atoms with Crippen LogP contribution in [0.5, 0.6) is 0 Å². The minimum absolute atomic E-state index is 0.192. The second-order valence-corrected chi connectivity index (χ2v) is 5.29. The van der Waals surface area contributed by atoms with E-state index in [-0.39, 0.29) is 6.04 Å². The van der Waals surface area contributed by atoms with Crippen molar-refractivity contribution < 1.29 is 0 Å². The van der Waals surface area contributed by atoms with Crippen molar-refractivity contribution in [1.82, 2.24) is 9.97 Å². The largest absolute Gasteiger partial charge is 0.327 e. The number of nitrogens with two attached hydrogens (primary N) is 1. The second-order valence-electron chi connectivity index (χ2n) is 5.29. The lowest BCUT2D eigenvalue weighted by Gasteiger charge is -2.17. The van der Waals surface area contributed by atoms with Crippen molar-refractivity contribution in [1.29, 1.82) is 0 Å². The molecule has 0 amide bonds. The standard InChI is InChI=1S/C16H20N4/c1-2-14(17)9-12-10-18-16(19-11-12)20-8-7-13-5-3-4-6-15(13)20/h3-6,10-11,14H,2,7-9,17H2,1H3. The summed E-state index contributed by atoms with van der Waals surface area (Å²) < 4.78 is 0. The predicted molar refractivity (Wildman–Crippen MR) is 81.2 cm³/mol. The summed E-state index contributed by atoms with van der Waals surface area (Å²) in [6.45, 7) is 3.05. The highest BCUT2D eigenvalue weighted by Crippen LogP contribution is 2.31. The Morgan fingerprint density at radius 1 is 1.25 bits per heavy atom. The third-order valence-electron chi connectivity index (χ3n) is 3.84. The first-order valence-electron chi connectivity index (χ1n) is 7.20. The minimum atomic E-state index is 0.192. The summed E-state index contributed by atoms with van der Waals surface area (Å²) in [5.74, 6) is 0.781. The van der Waals surface area contributed by atoms with Crippen LogP contribution in [0.2, 0.25) is 0 Å². The first kappa shape index (κ1) is 13.1. The molecule has 0 fully saturated rings. The van der Waals surface area contributed by atoms with E-state index in [1.54, 1.807) is 0 Å². The van der Waals surface area contributed by atoms with E-state index in [2.05, 4.69) is 46.1 Å². The number of rotatable bonds is 4. The molecule has 1 atom stereocenters. The molecule has 0 spiro atoms. The number of nitrogens with zero attached hydrogens (tertiary/aromatic N) is 3. The third-order valence-corrected chi connectivity index (χ3v) is 3.84. The van der Waals surface area contributed by atoms with Crippen molar-refractivity contribution in [3.8, 4) is 0 Å². The van der Waals surface area contributed by atoms with Gasteiger partial charge >= 0.3 is 0 Å². The molecule has 0 bridgehead atoms. The zero-order valence-corrected chi connectivity index (χ0v) is 11.8. The molecular formula is C16H20N4.